The molecule has 0 unspecified atom stereocenters. The highest BCUT2D eigenvalue weighted by Crippen LogP contribution is 2.28. The zero-order valence-corrected chi connectivity index (χ0v) is 19.7. The molecule has 1 aromatic rings. The average molecular weight is 483 g/mol. The molecule has 2 N–H and O–H groups in total. The summed E-state index contributed by atoms with van der Waals surface area (Å²) in [6.07, 6.45) is -3.15. The first kappa shape index (κ1) is 26.7. The highest BCUT2D eigenvalue weighted by atomic mass is 16.6. The van der Waals surface area contributed by atoms with Gasteiger partial charge in [0.2, 0.25) is 11.6 Å². The molecule has 0 aliphatic carbocycles. The maximum Gasteiger partial charge on any atom is 0.303 e. The van der Waals surface area contributed by atoms with Gasteiger partial charge in [0.05, 0.1) is 6.61 Å². The number of ether oxygens (including phenoxy) is 4. The lowest BCUT2D eigenvalue weighted by Crippen LogP contribution is -2.59. The van der Waals surface area contributed by atoms with Crippen molar-refractivity contribution in [3.05, 3.63) is 15.3 Å². The molecule has 34 heavy (non-hydrogen) atoms. The molecule has 2 heterocycles. The minimum atomic E-state index is -1.32. The van der Waals surface area contributed by atoms with Crippen molar-refractivity contribution in [2.45, 2.75) is 65.1 Å². The number of carbonyl (C=O) groups is 3. The zero-order chi connectivity index (χ0) is 25.4. The van der Waals surface area contributed by atoms with Crippen LogP contribution in [0.1, 0.15) is 40.5 Å². The molecule has 0 aromatic carbocycles. The smallest absolute Gasteiger partial charge is 0.303 e. The van der Waals surface area contributed by atoms with Crippen LogP contribution in [0.4, 0.5) is 17.5 Å². The Balaban J connectivity index is 2.45. The molecular weight excluding hydrogens is 454 g/mol. The lowest BCUT2D eigenvalue weighted by molar-refractivity contribution is -0.221. The standard InChI is InChI=1S/C20H29N5O9/c1-6-7-8-21-20-23-17(14(24-30)19(29)25(20)5)22-18-16(34-12(4)28)15(33-11(3)27)13(9-31-18)32-10(2)26/h13,15-16,18,22H,6-9H2,1-5H3,(H,21,23)/t13-,15-,16+,18-/m1/s1. The Morgan fingerprint density at radius 1 is 1.12 bits per heavy atom. The van der Waals surface area contributed by atoms with Crippen LogP contribution in [-0.4, -0.2) is 65.2 Å². The van der Waals surface area contributed by atoms with Gasteiger partial charge in [-0.05, 0) is 11.6 Å². The molecule has 0 radical (unpaired) electrons. The third-order valence-corrected chi connectivity index (χ3v) is 4.80. The fourth-order valence-corrected chi connectivity index (χ4v) is 3.31. The molecule has 1 aliphatic heterocycles. The quantitative estimate of drug-likeness (QED) is 0.209. The molecule has 0 saturated carbocycles. The Bertz CT molecular complexity index is 980. The third-order valence-electron chi connectivity index (χ3n) is 4.80. The van der Waals surface area contributed by atoms with Crippen molar-refractivity contribution >= 4 is 35.4 Å². The van der Waals surface area contributed by atoms with Crippen molar-refractivity contribution in [3.8, 4) is 0 Å². The normalized spacial score (nSPS) is 21.8. The van der Waals surface area contributed by atoms with E-state index in [1.165, 1.54) is 7.05 Å². The Hall–Kier alpha value is -3.55. The monoisotopic (exact) mass is 483 g/mol. The summed E-state index contributed by atoms with van der Waals surface area (Å²) >= 11 is 0. The van der Waals surface area contributed by atoms with E-state index >= 15 is 0 Å². The van der Waals surface area contributed by atoms with Gasteiger partial charge in [-0.1, -0.05) is 13.3 Å². The molecule has 1 aliphatic rings. The number of hydrogen-bond acceptors (Lipinski definition) is 13. The van der Waals surface area contributed by atoms with Crippen molar-refractivity contribution in [2.24, 2.45) is 12.2 Å². The molecular formula is C20H29N5O9. The molecule has 1 fully saturated rings. The van der Waals surface area contributed by atoms with Crippen molar-refractivity contribution < 1.29 is 33.3 Å². The number of esters is 3. The van der Waals surface area contributed by atoms with E-state index in [2.05, 4.69) is 20.8 Å². The van der Waals surface area contributed by atoms with E-state index < -0.39 is 53.7 Å². The molecule has 14 heteroatoms. The van der Waals surface area contributed by atoms with Crippen molar-refractivity contribution in [1.82, 2.24) is 9.55 Å². The van der Waals surface area contributed by atoms with Gasteiger partial charge in [0, 0.05) is 34.4 Å². The first-order chi connectivity index (χ1) is 16.1. The summed E-state index contributed by atoms with van der Waals surface area (Å²) in [6, 6.07) is 0. The number of hydrogen-bond donors (Lipinski definition) is 2. The van der Waals surface area contributed by atoms with Gasteiger partial charge in [0.15, 0.2) is 30.4 Å². The predicted molar refractivity (Wildman–Crippen MR) is 118 cm³/mol. The Morgan fingerprint density at radius 2 is 1.74 bits per heavy atom. The van der Waals surface area contributed by atoms with Crippen LogP contribution in [0.3, 0.4) is 0 Å². The number of carbonyl (C=O) groups excluding carboxylic acids is 3. The van der Waals surface area contributed by atoms with Gasteiger partial charge in [0.1, 0.15) is 0 Å². The number of nitroso groups, excluding NO2 is 1. The highest BCUT2D eigenvalue weighted by molar-refractivity contribution is 5.69. The van der Waals surface area contributed by atoms with E-state index in [1.54, 1.807) is 0 Å². The number of aromatic nitrogens is 2. The van der Waals surface area contributed by atoms with E-state index in [1.807, 2.05) is 6.92 Å². The van der Waals surface area contributed by atoms with Gasteiger partial charge >= 0.3 is 17.9 Å². The second-order valence-corrected chi connectivity index (χ2v) is 7.56. The summed E-state index contributed by atoms with van der Waals surface area (Å²) in [5.41, 5.74) is -1.25. The number of rotatable bonds is 10. The maximum atomic E-state index is 12.7. The van der Waals surface area contributed by atoms with Gasteiger partial charge in [-0.3, -0.25) is 23.7 Å². The van der Waals surface area contributed by atoms with E-state index in [4.69, 9.17) is 18.9 Å². The molecule has 0 amide bonds. The summed E-state index contributed by atoms with van der Waals surface area (Å²) in [7, 11) is 1.43. The molecule has 14 nitrogen and oxygen atoms in total. The van der Waals surface area contributed by atoms with Gasteiger partial charge < -0.3 is 29.6 Å². The van der Waals surface area contributed by atoms with E-state index in [0.29, 0.717) is 6.54 Å². The van der Waals surface area contributed by atoms with Gasteiger partial charge in [-0.15, -0.1) is 4.91 Å². The highest BCUT2D eigenvalue weighted by Gasteiger charge is 2.47. The Morgan fingerprint density at radius 3 is 2.29 bits per heavy atom. The van der Waals surface area contributed by atoms with Gasteiger partial charge in [-0.25, -0.2) is 0 Å². The van der Waals surface area contributed by atoms with E-state index in [0.717, 1.165) is 38.2 Å². The third kappa shape index (κ3) is 6.73. The van der Waals surface area contributed by atoms with Gasteiger partial charge in [0.25, 0.3) is 5.56 Å². The second-order valence-electron chi connectivity index (χ2n) is 7.56. The van der Waals surface area contributed by atoms with Crippen LogP contribution in [0.15, 0.2) is 9.97 Å². The summed E-state index contributed by atoms with van der Waals surface area (Å²) in [4.78, 5) is 63.4. The molecule has 188 valence electrons. The first-order valence-corrected chi connectivity index (χ1v) is 10.7. The molecule has 0 bridgehead atoms. The molecule has 1 saturated heterocycles. The summed E-state index contributed by atoms with van der Waals surface area (Å²) in [5.74, 6) is -2.19. The second kappa shape index (κ2) is 12.1. The topological polar surface area (TPSA) is 177 Å². The predicted octanol–water partition coefficient (Wildman–Crippen LogP) is 0.953. The first-order valence-electron chi connectivity index (χ1n) is 10.7. The summed E-state index contributed by atoms with van der Waals surface area (Å²) in [6.45, 7) is 5.70. The van der Waals surface area contributed by atoms with Crippen LogP contribution in [-0.2, 0) is 40.4 Å². The number of unbranched alkanes of at least 4 members (excludes halogenated alkanes) is 1. The number of nitrogens with one attached hydrogen (secondary N) is 2. The van der Waals surface area contributed by atoms with Crippen LogP contribution in [0, 0.1) is 4.91 Å². The number of nitrogens with zero attached hydrogens (tertiary/aromatic N) is 3. The maximum absolute atomic E-state index is 12.7. The van der Waals surface area contributed by atoms with E-state index in [9.17, 15) is 24.1 Å². The van der Waals surface area contributed by atoms with Crippen LogP contribution in [0.2, 0.25) is 0 Å². The SMILES string of the molecule is CCCCNc1nc(N[C@@H]2OC[C@@H](OC(C)=O)[C@@H](OC(C)=O)[C@@H]2OC(C)=O)c(N=O)c(=O)n1C. The Labute approximate surface area is 195 Å². The largest absolute Gasteiger partial charge is 0.456 e. The molecule has 2 rings (SSSR count). The fourth-order valence-electron chi connectivity index (χ4n) is 3.31. The van der Waals surface area contributed by atoms with Crippen LogP contribution < -0.4 is 16.2 Å². The minimum Gasteiger partial charge on any atom is -0.456 e. The Kier molecular flexibility index (Phi) is 9.47. The van der Waals surface area contributed by atoms with Crippen LogP contribution >= 0.6 is 0 Å². The van der Waals surface area contributed by atoms with Crippen LogP contribution in [0.5, 0.6) is 0 Å². The van der Waals surface area contributed by atoms with E-state index in [-0.39, 0.29) is 18.4 Å². The van der Waals surface area contributed by atoms with Gasteiger partial charge in [-0.2, -0.15) is 4.98 Å². The van der Waals surface area contributed by atoms with Crippen molar-refractivity contribution in [3.63, 3.8) is 0 Å². The fraction of sp³-hybridized carbons (Fsp3) is 0.650. The molecule has 4 atom stereocenters. The minimum absolute atomic E-state index is 0.169. The lowest BCUT2D eigenvalue weighted by Gasteiger charge is -2.40. The molecule has 0 spiro atoms. The zero-order valence-electron chi connectivity index (χ0n) is 19.7. The number of anilines is 2. The molecule has 1 aromatic heterocycles. The van der Waals surface area contributed by atoms with Crippen LogP contribution in [0.25, 0.3) is 0 Å². The lowest BCUT2D eigenvalue weighted by atomic mass is 10.0. The van der Waals surface area contributed by atoms with Crippen molar-refractivity contribution in [2.75, 3.05) is 23.8 Å². The summed E-state index contributed by atoms with van der Waals surface area (Å²) in [5, 5.41) is 8.54. The summed E-state index contributed by atoms with van der Waals surface area (Å²) < 4.78 is 22.5. The van der Waals surface area contributed by atoms with Crippen molar-refractivity contribution in [1.29, 1.82) is 0 Å². The average Bonchev–Trinajstić information content (AvgIpc) is 2.75.